The fourth-order valence-electron chi connectivity index (χ4n) is 2.58. The van der Waals surface area contributed by atoms with E-state index in [1.807, 2.05) is 0 Å². The molecule has 1 heterocycles. The number of amides is 3. The minimum absolute atomic E-state index is 0.0403. The van der Waals surface area contributed by atoms with Crippen LogP contribution in [0, 0.1) is 5.82 Å². The van der Waals surface area contributed by atoms with E-state index in [0.717, 1.165) is 25.9 Å². The molecular weight excluding hydrogens is 313 g/mol. The van der Waals surface area contributed by atoms with Crippen LogP contribution in [0.4, 0.5) is 20.6 Å². The Kier molecular flexibility index (Phi) is 6.54. The van der Waals surface area contributed by atoms with E-state index in [2.05, 4.69) is 10.6 Å². The predicted octanol–water partition coefficient (Wildman–Crippen LogP) is 3.21. The Hall–Kier alpha value is -2.15. The first-order chi connectivity index (χ1) is 11.5. The molecule has 2 rings (SSSR count). The van der Waals surface area contributed by atoms with Crippen molar-refractivity contribution in [2.45, 2.75) is 38.7 Å². The first-order valence-electron chi connectivity index (χ1n) is 8.16. The predicted molar refractivity (Wildman–Crippen MR) is 90.6 cm³/mol. The Bertz CT molecular complexity index is 588. The summed E-state index contributed by atoms with van der Waals surface area (Å²) >= 11 is 0. The molecule has 0 radical (unpaired) electrons. The van der Waals surface area contributed by atoms with Gasteiger partial charge in [-0.15, -0.1) is 0 Å². The lowest BCUT2D eigenvalue weighted by Crippen LogP contribution is -2.34. The topological polar surface area (TPSA) is 70.7 Å². The van der Waals surface area contributed by atoms with E-state index in [1.165, 1.54) is 31.5 Å². The first-order valence-corrected chi connectivity index (χ1v) is 8.16. The van der Waals surface area contributed by atoms with E-state index < -0.39 is 5.82 Å². The fraction of sp³-hybridized carbons (Fsp3) is 0.529. The normalized spacial score (nSPS) is 17.2. The smallest absolute Gasteiger partial charge is 0.321 e. The first kappa shape index (κ1) is 18.2. The summed E-state index contributed by atoms with van der Waals surface area (Å²) in [5, 5.41) is 5.09. The van der Waals surface area contributed by atoms with Crippen LogP contribution in [-0.4, -0.2) is 43.1 Å². The van der Waals surface area contributed by atoms with E-state index in [-0.39, 0.29) is 23.7 Å². The third kappa shape index (κ3) is 5.49. The number of rotatable bonds is 5. The van der Waals surface area contributed by atoms with Gasteiger partial charge in [-0.2, -0.15) is 0 Å². The zero-order chi connectivity index (χ0) is 17.5. The van der Waals surface area contributed by atoms with Gasteiger partial charge in [0.2, 0.25) is 5.91 Å². The van der Waals surface area contributed by atoms with E-state index in [9.17, 15) is 14.0 Å². The van der Waals surface area contributed by atoms with Gasteiger partial charge in [0.25, 0.3) is 0 Å². The average molecular weight is 337 g/mol. The number of carbonyl (C=O) groups excluding carboxylic acids is 2. The van der Waals surface area contributed by atoms with Crippen molar-refractivity contribution in [3.63, 3.8) is 0 Å². The third-order valence-corrected chi connectivity index (χ3v) is 3.94. The Morgan fingerprint density at radius 3 is 2.79 bits per heavy atom. The van der Waals surface area contributed by atoms with Crippen molar-refractivity contribution in [3.8, 4) is 0 Å². The van der Waals surface area contributed by atoms with Gasteiger partial charge >= 0.3 is 6.03 Å². The molecular formula is C17H24FN3O3. The van der Waals surface area contributed by atoms with Crippen molar-refractivity contribution < 1.29 is 18.7 Å². The number of anilines is 2. The molecule has 0 spiro atoms. The van der Waals surface area contributed by atoms with Crippen LogP contribution in [0.15, 0.2) is 18.2 Å². The van der Waals surface area contributed by atoms with Crippen molar-refractivity contribution in [3.05, 3.63) is 24.0 Å². The number of hydrogen-bond acceptors (Lipinski definition) is 3. The van der Waals surface area contributed by atoms with Gasteiger partial charge < -0.3 is 20.3 Å². The lowest BCUT2D eigenvalue weighted by molar-refractivity contribution is -0.114. The number of nitrogens with one attached hydrogen (secondary N) is 2. The third-order valence-electron chi connectivity index (χ3n) is 3.94. The minimum Gasteiger partial charge on any atom is -0.378 e. The Morgan fingerprint density at radius 1 is 1.33 bits per heavy atom. The van der Waals surface area contributed by atoms with E-state index >= 15 is 0 Å². The van der Waals surface area contributed by atoms with Gasteiger partial charge in [-0.05, 0) is 43.9 Å². The molecule has 0 aliphatic carbocycles. The monoisotopic (exact) mass is 337 g/mol. The van der Waals surface area contributed by atoms with Crippen LogP contribution < -0.4 is 10.6 Å². The number of benzene rings is 1. The molecule has 0 bridgehead atoms. The molecule has 1 unspecified atom stereocenters. The van der Waals surface area contributed by atoms with E-state index in [0.29, 0.717) is 12.2 Å². The summed E-state index contributed by atoms with van der Waals surface area (Å²) in [7, 11) is 1.70. The maximum atomic E-state index is 13.6. The highest BCUT2D eigenvalue weighted by atomic mass is 19.1. The number of nitrogens with zero attached hydrogens (tertiary/aromatic N) is 1. The zero-order valence-corrected chi connectivity index (χ0v) is 14.1. The van der Waals surface area contributed by atoms with Gasteiger partial charge in [0, 0.05) is 32.8 Å². The summed E-state index contributed by atoms with van der Waals surface area (Å²) in [6.45, 7) is 2.67. The molecule has 7 heteroatoms. The number of urea groups is 1. The zero-order valence-electron chi connectivity index (χ0n) is 14.1. The lowest BCUT2D eigenvalue weighted by atomic mass is 10.1. The van der Waals surface area contributed by atoms with Crippen LogP contribution >= 0.6 is 0 Å². The van der Waals surface area contributed by atoms with Crippen LogP contribution in [0.3, 0.4) is 0 Å². The average Bonchev–Trinajstić information content (AvgIpc) is 2.56. The second kappa shape index (κ2) is 8.63. The number of hydrogen-bond donors (Lipinski definition) is 2. The Morgan fingerprint density at radius 2 is 2.12 bits per heavy atom. The largest absolute Gasteiger partial charge is 0.378 e. The number of ether oxygens (including phenoxy) is 1. The summed E-state index contributed by atoms with van der Waals surface area (Å²) in [4.78, 5) is 24.8. The lowest BCUT2D eigenvalue weighted by Gasteiger charge is -2.25. The van der Waals surface area contributed by atoms with Crippen LogP contribution in [0.2, 0.25) is 0 Å². The Labute approximate surface area is 141 Å². The molecule has 1 aliphatic rings. The molecule has 132 valence electrons. The molecule has 6 nitrogen and oxygen atoms in total. The van der Waals surface area contributed by atoms with Crippen LogP contribution in [-0.2, 0) is 9.53 Å². The Balaban J connectivity index is 1.87. The summed E-state index contributed by atoms with van der Waals surface area (Å²) in [6, 6.07) is 3.77. The van der Waals surface area contributed by atoms with Gasteiger partial charge in [-0.3, -0.25) is 4.79 Å². The van der Waals surface area contributed by atoms with Gasteiger partial charge in [-0.1, -0.05) is 0 Å². The molecule has 3 amide bonds. The van der Waals surface area contributed by atoms with Crippen LogP contribution in [0.1, 0.15) is 32.6 Å². The molecule has 1 aliphatic heterocycles. The standard InChI is InChI=1S/C17H24FN3O3/c1-12(22)19-16-11-13(6-7-15(16)18)20-17(23)21(2)9-8-14-5-3-4-10-24-14/h6-7,11,14H,3-5,8-10H2,1-2H3,(H,19,22)(H,20,23). The van der Waals surface area contributed by atoms with Gasteiger partial charge in [0.05, 0.1) is 11.8 Å². The molecule has 1 atom stereocenters. The van der Waals surface area contributed by atoms with Crippen molar-refractivity contribution in [2.24, 2.45) is 0 Å². The highest BCUT2D eigenvalue weighted by molar-refractivity contribution is 5.92. The van der Waals surface area contributed by atoms with E-state index in [4.69, 9.17) is 4.74 Å². The van der Waals surface area contributed by atoms with Crippen molar-refractivity contribution in [1.29, 1.82) is 0 Å². The molecule has 1 aromatic rings. The van der Waals surface area contributed by atoms with Gasteiger partial charge in [0.1, 0.15) is 5.82 Å². The number of carbonyl (C=O) groups is 2. The highest BCUT2D eigenvalue weighted by Gasteiger charge is 2.16. The van der Waals surface area contributed by atoms with Crippen LogP contribution in [0.25, 0.3) is 0 Å². The fourth-order valence-corrected chi connectivity index (χ4v) is 2.58. The summed E-state index contributed by atoms with van der Waals surface area (Å²) in [5.74, 6) is -0.923. The SMILES string of the molecule is CC(=O)Nc1cc(NC(=O)N(C)CCC2CCCCO2)ccc1F. The molecule has 1 saturated heterocycles. The van der Waals surface area contributed by atoms with Gasteiger partial charge in [-0.25, -0.2) is 9.18 Å². The molecule has 1 aromatic carbocycles. The van der Waals surface area contributed by atoms with Crippen molar-refractivity contribution >= 4 is 23.3 Å². The summed E-state index contributed by atoms with van der Waals surface area (Å²) in [6.07, 6.45) is 4.32. The molecule has 2 N–H and O–H groups in total. The van der Waals surface area contributed by atoms with Crippen molar-refractivity contribution in [2.75, 3.05) is 30.8 Å². The summed E-state index contributed by atoms with van der Waals surface area (Å²) < 4.78 is 19.3. The quantitative estimate of drug-likeness (QED) is 0.867. The molecule has 0 saturated carbocycles. The maximum Gasteiger partial charge on any atom is 0.321 e. The van der Waals surface area contributed by atoms with Crippen LogP contribution in [0.5, 0.6) is 0 Å². The molecule has 24 heavy (non-hydrogen) atoms. The van der Waals surface area contributed by atoms with E-state index in [1.54, 1.807) is 11.9 Å². The number of halogens is 1. The molecule has 0 aromatic heterocycles. The van der Waals surface area contributed by atoms with Gasteiger partial charge in [0.15, 0.2) is 0 Å². The summed E-state index contributed by atoms with van der Waals surface area (Å²) in [5.41, 5.74) is 0.462. The second-order valence-corrected chi connectivity index (χ2v) is 6.00. The highest BCUT2D eigenvalue weighted by Crippen LogP contribution is 2.20. The minimum atomic E-state index is -0.550. The maximum absolute atomic E-state index is 13.6. The van der Waals surface area contributed by atoms with Crippen molar-refractivity contribution in [1.82, 2.24) is 4.90 Å². The second-order valence-electron chi connectivity index (χ2n) is 6.00. The molecule has 1 fully saturated rings.